The number of aromatic nitrogens is 3. The maximum absolute atomic E-state index is 10.7. The summed E-state index contributed by atoms with van der Waals surface area (Å²) >= 11 is 1.27. The fraction of sp³-hybridized carbons (Fsp3) is 0. The van der Waals surface area contributed by atoms with Gasteiger partial charge in [-0.2, -0.15) is 0 Å². The van der Waals surface area contributed by atoms with Crippen molar-refractivity contribution in [2.45, 2.75) is 0 Å². The third kappa shape index (κ3) is 1.31. The first-order valence-electron chi connectivity index (χ1n) is 3.44. The molecule has 0 aliphatic carbocycles. The lowest BCUT2D eigenvalue weighted by Crippen LogP contribution is -1.98. The molecular weight excluding hydrogens is 190 g/mol. The fourth-order valence-electron chi connectivity index (χ4n) is 0.970. The van der Waals surface area contributed by atoms with E-state index in [0.717, 1.165) is 0 Å². The number of carbonyl (C=O) groups is 1. The molecule has 13 heavy (non-hydrogen) atoms. The lowest BCUT2D eigenvalue weighted by atomic mass is 10.3. The van der Waals surface area contributed by atoms with Crippen LogP contribution in [0, 0.1) is 0 Å². The number of hydrogen-bond donors (Lipinski definition) is 2. The topological polar surface area (TPSA) is 78.9 Å². The van der Waals surface area contributed by atoms with E-state index >= 15 is 0 Å². The average Bonchev–Trinajstić information content (AvgIpc) is 2.74. The highest BCUT2D eigenvalue weighted by Gasteiger charge is 2.15. The molecule has 2 N–H and O–H groups in total. The zero-order chi connectivity index (χ0) is 9.26. The number of hydrogen-bond acceptors (Lipinski definition) is 4. The van der Waals surface area contributed by atoms with E-state index in [9.17, 15) is 4.79 Å². The first-order valence-corrected chi connectivity index (χ1v) is 4.32. The van der Waals surface area contributed by atoms with Crippen LogP contribution in [0.2, 0.25) is 0 Å². The molecule has 0 aliphatic rings. The molecule has 0 aromatic carbocycles. The molecule has 2 heterocycles. The van der Waals surface area contributed by atoms with E-state index in [1.54, 1.807) is 6.20 Å². The van der Waals surface area contributed by atoms with Gasteiger partial charge in [0.25, 0.3) is 0 Å². The summed E-state index contributed by atoms with van der Waals surface area (Å²) < 4.78 is 0. The lowest BCUT2D eigenvalue weighted by Gasteiger charge is -1.92. The summed E-state index contributed by atoms with van der Waals surface area (Å²) in [5, 5.41) is 8.76. The van der Waals surface area contributed by atoms with Crippen molar-refractivity contribution < 1.29 is 9.90 Å². The molecule has 0 atom stereocenters. The van der Waals surface area contributed by atoms with Crippen LogP contribution < -0.4 is 0 Å². The van der Waals surface area contributed by atoms with E-state index in [2.05, 4.69) is 15.0 Å². The number of carboxylic acid groups (broad SMARTS) is 1. The molecule has 2 aromatic heterocycles. The van der Waals surface area contributed by atoms with Crippen LogP contribution in [-0.4, -0.2) is 26.0 Å². The number of thiazole rings is 1. The second-order valence-corrected chi connectivity index (χ2v) is 3.16. The molecule has 0 bridgehead atoms. The Labute approximate surface area is 77.1 Å². The highest BCUT2D eigenvalue weighted by molar-refractivity contribution is 7.13. The Kier molecular flexibility index (Phi) is 1.82. The minimum absolute atomic E-state index is 0.0641. The van der Waals surface area contributed by atoms with Crippen molar-refractivity contribution >= 4 is 17.3 Å². The summed E-state index contributed by atoms with van der Waals surface area (Å²) in [6.07, 6.45) is 3.07. The smallest absolute Gasteiger partial charge is 0.356 e. The van der Waals surface area contributed by atoms with Crippen LogP contribution in [0.15, 0.2) is 18.0 Å². The van der Waals surface area contributed by atoms with Gasteiger partial charge >= 0.3 is 5.97 Å². The van der Waals surface area contributed by atoms with Gasteiger partial charge < -0.3 is 10.1 Å². The van der Waals surface area contributed by atoms with Crippen LogP contribution >= 0.6 is 11.3 Å². The van der Waals surface area contributed by atoms with Crippen LogP contribution in [-0.2, 0) is 0 Å². The summed E-state index contributed by atoms with van der Waals surface area (Å²) in [7, 11) is 0. The minimum atomic E-state index is -1.02. The van der Waals surface area contributed by atoms with E-state index in [4.69, 9.17) is 5.11 Å². The Morgan fingerprint density at radius 2 is 2.46 bits per heavy atom. The van der Waals surface area contributed by atoms with Gasteiger partial charge in [0, 0.05) is 0 Å². The Morgan fingerprint density at radius 3 is 3.08 bits per heavy atom. The van der Waals surface area contributed by atoms with Gasteiger partial charge in [0.1, 0.15) is 0 Å². The molecule has 0 unspecified atom stereocenters. The molecule has 0 amide bonds. The summed E-state index contributed by atoms with van der Waals surface area (Å²) in [6, 6.07) is 0. The molecule has 0 aliphatic heterocycles. The molecule has 0 saturated carbocycles. The van der Waals surface area contributed by atoms with E-state index in [1.807, 2.05) is 0 Å². The van der Waals surface area contributed by atoms with Crippen LogP contribution in [0.3, 0.4) is 0 Å². The van der Waals surface area contributed by atoms with Crippen LogP contribution in [0.4, 0.5) is 0 Å². The first-order chi connectivity index (χ1) is 6.29. The van der Waals surface area contributed by atoms with Gasteiger partial charge in [-0.3, -0.25) is 0 Å². The van der Waals surface area contributed by atoms with Gasteiger partial charge in [-0.05, 0) is 0 Å². The first kappa shape index (κ1) is 7.93. The zero-order valence-corrected chi connectivity index (χ0v) is 7.21. The summed E-state index contributed by atoms with van der Waals surface area (Å²) in [4.78, 5) is 21.7. The number of nitrogens with zero attached hydrogens (tertiary/aromatic N) is 2. The number of aromatic carboxylic acids is 1. The predicted octanol–water partition coefficient (Wildman–Crippen LogP) is 1.23. The van der Waals surface area contributed by atoms with Gasteiger partial charge in [0.2, 0.25) is 0 Å². The SMILES string of the molecule is O=C(O)c1ncsc1-c1cnc[nH]1. The van der Waals surface area contributed by atoms with Crippen LogP contribution in [0.1, 0.15) is 10.5 Å². The predicted molar refractivity (Wildman–Crippen MR) is 46.7 cm³/mol. The maximum Gasteiger partial charge on any atom is 0.356 e. The average molecular weight is 195 g/mol. The molecule has 0 spiro atoms. The molecule has 0 saturated heterocycles. The van der Waals surface area contributed by atoms with Crippen LogP contribution in [0.5, 0.6) is 0 Å². The third-order valence-corrected chi connectivity index (χ3v) is 2.37. The zero-order valence-electron chi connectivity index (χ0n) is 6.39. The quantitative estimate of drug-likeness (QED) is 0.755. The van der Waals surface area contributed by atoms with E-state index in [0.29, 0.717) is 10.6 Å². The second-order valence-electron chi connectivity index (χ2n) is 2.30. The van der Waals surface area contributed by atoms with Gasteiger partial charge in [-0.25, -0.2) is 14.8 Å². The standard InChI is InChI=1S/C7H5N3O2S/c11-7(12)5-6(13-3-10-5)4-1-8-2-9-4/h1-3H,(H,8,9)(H,11,12). The van der Waals surface area contributed by atoms with Gasteiger partial charge in [0.15, 0.2) is 5.69 Å². The van der Waals surface area contributed by atoms with Crippen molar-refractivity contribution in [1.29, 1.82) is 0 Å². The Hall–Kier alpha value is -1.69. The molecule has 2 aromatic rings. The van der Waals surface area contributed by atoms with Crippen molar-refractivity contribution in [2.24, 2.45) is 0 Å². The highest BCUT2D eigenvalue weighted by atomic mass is 32.1. The monoisotopic (exact) mass is 195 g/mol. The highest BCUT2D eigenvalue weighted by Crippen LogP contribution is 2.24. The largest absolute Gasteiger partial charge is 0.476 e. The van der Waals surface area contributed by atoms with Crippen molar-refractivity contribution in [2.75, 3.05) is 0 Å². The molecule has 66 valence electrons. The summed E-state index contributed by atoms with van der Waals surface area (Å²) in [6.45, 7) is 0. The number of rotatable bonds is 2. The third-order valence-electron chi connectivity index (χ3n) is 1.51. The number of carboxylic acids is 1. The normalized spacial score (nSPS) is 10.2. The Bertz CT molecular complexity index is 421. The molecule has 6 heteroatoms. The van der Waals surface area contributed by atoms with E-state index in [1.165, 1.54) is 23.2 Å². The van der Waals surface area contributed by atoms with E-state index in [-0.39, 0.29) is 5.69 Å². The number of aromatic amines is 1. The Morgan fingerprint density at radius 1 is 1.62 bits per heavy atom. The van der Waals surface area contributed by atoms with Gasteiger partial charge in [0.05, 0.1) is 28.6 Å². The number of imidazole rings is 1. The second kappa shape index (κ2) is 2.98. The van der Waals surface area contributed by atoms with Gasteiger partial charge in [-0.15, -0.1) is 11.3 Å². The molecule has 0 radical (unpaired) electrons. The van der Waals surface area contributed by atoms with E-state index < -0.39 is 5.97 Å². The summed E-state index contributed by atoms with van der Waals surface area (Å²) in [5.74, 6) is -1.02. The fourth-order valence-corrected chi connectivity index (χ4v) is 1.72. The van der Waals surface area contributed by atoms with Crippen molar-refractivity contribution in [1.82, 2.24) is 15.0 Å². The molecule has 0 fully saturated rings. The lowest BCUT2D eigenvalue weighted by molar-refractivity contribution is 0.0692. The molecule has 5 nitrogen and oxygen atoms in total. The van der Waals surface area contributed by atoms with Crippen LogP contribution in [0.25, 0.3) is 10.6 Å². The maximum atomic E-state index is 10.7. The Balaban J connectivity index is 2.52. The number of H-pyrrole nitrogens is 1. The van der Waals surface area contributed by atoms with Crippen molar-refractivity contribution in [3.63, 3.8) is 0 Å². The summed E-state index contributed by atoms with van der Waals surface area (Å²) in [5.41, 5.74) is 2.24. The van der Waals surface area contributed by atoms with Gasteiger partial charge in [-0.1, -0.05) is 0 Å². The van der Waals surface area contributed by atoms with Crippen molar-refractivity contribution in [3.05, 3.63) is 23.7 Å². The minimum Gasteiger partial charge on any atom is -0.476 e. The van der Waals surface area contributed by atoms with Crippen molar-refractivity contribution in [3.8, 4) is 10.6 Å². The molecule has 2 rings (SSSR count). The molecular formula is C7H5N3O2S. The number of nitrogens with one attached hydrogen (secondary N) is 1.